The third-order valence-corrected chi connectivity index (χ3v) is 4.19. The second-order valence-electron chi connectivity index (χ2n) is 6.89. The number of para-hydroxylation sites is 1. The monoisotopic (exact) mass is 353 g/mol. The molecular formula is C21H27N3O2. The molecule has 0 heterocycles. The number of nitrogens with one attached hydrogen (secondary N) is 1. The van der Waals surface area contributed by atoms with Gasteiger partial charge >= 0.3 is 0 Å². The van der Waals surface area contributed by atoms with Gasteiger partial charge in [-0.2, -0.15) is 0 Å². The van der Waals surface area contributed by atoms with Crippen LogP contribution in [0.4, 0.5) is 5.69 Å². The number of carbonyl (C=O) groups excluding carboxylic acids is 2. The number of anilines is 1. The summed E-state index contributed by atoms with van der Waals surface area (Å²) in [4.78, 5) is 27.9. The van der Waals surface area contributed by atoms with Crippen LogP contribution in [-0.2, 0) is 11.3 Å². The zero-order valence-electron chi connectivity index (χ0n) is 16.2. The van der Waals surface area contributed by atoms with E-state index in [1.54, 1.807) is 25.1 Å². The normalized spacial score (nSPS) is 10.7. The average molecular weight is 353 g/mol. The number of carbonyl (C=O) groups is 2. The Labute approximate surface area is 155 Å². The molecule has 0 bridgehead atoms. The van der Waals surface area contributed by atoms with E-state index in [-0.39, 0.29) is 18.4 Å². The van der Waals surface area contributed by atoms with Crippen LogP contribution in [0.3, 0.4) is 0 Å². The van der Waals surface area contributed by atoms with Crippen molar-refractivity contribution in [2.75, 3.05) is 33.0 Å². The highest BCUT2D eigenvalue weighted by atomic mass is 16.2. The first-order valence-corrected chi connectivity index (χ1v) is 8.63. The van der Waals surface area contributed by atoms with Gasteiger partial charge in [-0.1, -0.05) is 30.3 Å². The van der Waals surface area contributed by atoms with Crippen LogP contribution in [0.15, 0.2) is 42.5 Å². The Morgan fingerprint density at radius 2 is 1.58 bits per heavy atom. The van der Waals surface area contributed by atoms with Gasteiger partial charge in [0.15, 0.2) is 0 Å². The summed E-state index contributed by atoms with van der Waals surface area (Å²) in [6.07, 6.45) is 0. The molecule has 0 unspecified atom stereocenters. The predicted octanol–water partition coefficient (Wildman–Crippen LogP) is 3.08. The van der Waals surface area contributed by atoms with E-state index in [1.165, 1.54) is 0 Å². The van der Waals surface area contributed by atoms with E-state index in [0.29, 0.717) is 12.1 Å². The number of nitrogens with zero attached hydrogens (tertiary/aromatic N) is 2. The third kappa shape index (κ3) is 5.17. The molecule has 0 radical (unpaired) electrons. The summed E-state index contributed by atoms with van der Waals surface area (Å²) >= 11 is 0. The number of aryl methyl sites for hydroxylation is 2. The molecule has 26 heavy (non-hydrogen) atoms. The number of hydrogen-bond acceptors (Lipinski definition) is 3. The Morgan fingerprint density at radius 1 is 0.962 bits per heavy atom. The van der Waals surface area contributed by atoms with Crippen molar-refractivity contribution in [3.8, 4) is 0 Å². The fourth-order valence-corrected chi connectivity index (χ4v) is 2.86. The van der Waals surface area contributed by atoms with Gasteiger partial charge in [0.05, 0.1) is 6.54 Å². The summed E-state index contributed by atoms with van der Waals surface area (Å²) < 4.78 is 0. The number of hydrogen-bond donors (Lipinski definition) is 1. The molecule has 0 spiro atoms. The molecular weight excluding hydrogens is 326 g/mol. The van der Waals surface area contributed by atoms with Crippen LogP contribution in [0.5, 0.6) is 0 Å². The molecule has 0 aromatic heterocycles. The summed E-state index contributed by atoms with van der Waals surface area (Å²) in [5.41, 5.74) is 4.64. The molecule has 2 aromatic rings. The first kappa shape index (κ1) is 19.7. The lowest BCUT2D eigenvalue weighted by Crippen LogP contribution is -2.30. The van der Waals surface area contributed by atoms with Crippen LogP contribution in [0.2, 0.25) is 0 Å². The molecule has 5 heteroatoms. The van der Waals surface area contributed by atoms with Gasteiger partial charge < -0.3 is 10.2 Å². The zero-order chi connectivity index (χ0) is 19.3. The lowest BCUT2D eigenvalue weighted by Gasteiger charge is -2.18. The minimum atomic E-state index is -0.0505. The third-order valence-electron chi connectivity index (χ3n) is 4.19. The highest BCUT2D eigenvalue weighted by molar-refractivity contribution is 5.94. The number of benzene rings is 2. The maximum Gasteiger partial charge on any atom is 0.253 e. The van der Waals surface area contributed by atoms with E-state index in [2.05, 4.69) is 5.32 Å². The number of rotatable bonds is 6. The van der Waals surface area contributed by atoms with Crippen molar-refractivity contribution in [2.45, 2.75) is 20.4 Å². The second-order valence-corrected chi connectivity index (χ2v) is 6.89. The van der Waals surface area contributed by atoms with Gasteiger partial charge in [0.2, 0.25) is 5.91 Å². The van der Waals surface area contributed by atoms with Crippen molar-refractivity contribution in [1.82, 2.24) is 9.80 Å². The summed E-state index contributed by atoms with van der Waals surface area (Å²) in [6.45, 7) is 4.84. The Morgan fingerprint density at radius 3 is 2.19 bits per heavy atom. The van der Waals surface area contributed by atoms with Gasteiger partial charge in [-0.15, -0.1) is 0 Å². The van der Waals surface area contributed by atoms with E-state index in [1.807, 2.05) is 62.2 Å². The Hall–Kier alpha value is -2.66. The first-order chi connectivity index (χ1) is 12.3. The van der Waals surface area contributed by atoms with E-state index in [0.717, 1.165) is 22.4 Å². The molecule has 0 saturated carbocycles. The summed E-state index contributed by atoms with van der Waals surface area (Å²) in [7, 11) is 5.36. The van der Waals surface area contributed by atoms with Crippen LogP contribution in [-0.4, -0.2) is 49.3 Å². The highest BCUT2D eigenvalue weighted by Crippen LogP contribution is 2.19. The van der Waals surface area contributed by atoms with E-state index >= 15 is 0 Å². The summed E-state index contributed by atoms with van der Waals surface area (Å²) in [6, 6.07) is 13.5. The molecule has 0 aliphatic rings. The average Bonchev–Trinajstić information content (AvgIpc) is 2.57. The standard InChI is InChI=1S/C21H27N3O2/c1-15-8-6-9-16(2)20(15)22-19(25)14-24(5)13-17-10-7-11-18(12-17)21(26)23(3)4/h6-12H,13-14H2,1-5H3,(H,22,25). The summed E-state index contributed by atoms with van der Waals surface area (Å²) in [5.74, 6) is -0.0762. The minimum absolute atomic E-state index is 0.0257. The van der Waals surface area contributed by atoms with Crippen LogP contribution < -0.4 is 5.32 Å². The van der Waals surface area contributed by atoms with Crippen LogP contribution in [0.1, 0.15) is 27.0 Å². The van der Waals surface area contributed by atoms with Gasteiger partial charge in [0.1, 0.15) is 0 Å². The van der Waals surface area contributed by atoms with Crippen LogP contribution >= 0.6 is 0 Å². The summed E-state index contributed by atoms with van der Waals surface area (Å²) in [5, 5.41) is 3.00. The molecule has 2 rings (SSSR count). The van der Waals surface area contributed by atoms with Crippen molar-refractivity contribution in [1.29, 1.82) is 0 Å². The molecule has 2 aromatic carbocycles. The highest BCUT2D eigenvalue weighted by Gasteiger charge is 2.12. The Balaban J connectivity index is 1.98. The fraction of sp³-hybridized carbons (Fsp3) is 0.333. The quantitative estimate of drug-likeness (QED) is 0.868. The van der Waals surface area contributed by atoms with Gasteiger partial charge in [-0.25, -0.2) is 0 Å². The van der Waals surface area contributed by atoms with Crippen molar-refractivity contribution in [3.63, 3.8) is 0 Å². The molecule has 0 fully saturated rings. The Kier molecular flexibility index (Phi) is 6.52. The van der Waals surface area contributed by atoms with Gasteiger partial charge in [0.25, 0.3) is 5.91 Å². The van der Waals surface area contributed by atoms with Gasteiger partial charge in [0, 0.05) is 31.9 Å². The minimum Gasteiger partial charge on any atom is -0.345 e. The molecule has 0 aliphatic heterocycles. The number of amides is 2. The molecule has 2 amide bonds. The van der Waals surface area contributed by atoms with Crippen molar-refractivity contribution >= 4 is 17.5 Å². The predicted molar refractivity (Wildman–Crippen MR) is 105 cm³/mol. The molecule has 1 N–H and O–H groups in total. The van der Waals surface area contributed by atoms with Crippen molar-refractivity contribution in [3.05, 3.63) is 64.7 Å². The number of likely N-dealkylation sites (N-methyl/N-ethyl adjacent to an activating group) is 1. The molecule has 5 nitrogen and oxygen atoms in total. The lowest BCUT2D eigenvalue weighted by atomic mass is 10.1. The molecule has 138 valence electrons. The lowest BCUT2D eigenvalue weighted by molar-refractivity contribution is -0.117. The van der Waals surface area contributed by atoms with Crippen molar-refractivity contribution in [2.24, 2.45) is 0 Å². The van der Waals surface area contributed by atoms with Gasteiger partial charge in [-0.05, 0) is 49.7 Å². The van der Waals surface area contributed by atoms with Crippen LogP contribution in [0.25, 0.3) is 0 Å². The maximum absolute atomic E-state index is 12.4. The maximum atomic E-state index is 12.4. The topological polar surface area (TPSA) is 52.7 Å². The molecule has 0 atom stereocenters. The second kappa shape index (κ2) is 8.63. The largest absolute Gasteiger partial charge is 0.345 e. The van der Waals surface area contributed by atoms with Gasteiger partial charge in [-0.3, -0.25) is 14.5 Å². The van der Waals surface area contributed by atoms with E-state index in [9.17, 15) is 9.59 Å². The first-order valence-electron chi connectivity index (χ1n) is 8.63. The van der Waals surface area contributed by atoms with Crippen LogP contribution in [0, 0.1) is 13.8 Å². The molecule has 0 aliphatic carbocycles. The zero-order valence-corrected chi connectivity index (χ0v) is 16.2. The molecule has 0 saturated heterocycles. The SMILES string of the molecule is Cc1cccc(C)c1NC(=O)CN(C)Cc1cccc(C(=O)N(C)C)c1. The van der Waals surface area contributed by atoms with E-state index < -0.39 is 0 Å². The smallest absolute Gasteiger partial charge is 0.253 e. The van der Waals surface area contributed by atoms with Crippen molar-refractivity contribution < 1.29 is 9.59 Å². The Bertz CT molecular complexity index is 779. The fourth-order valence-electron chi connectivity index (χ4n) is 2.86. The van der Waals surface area contributed by atoms with E-state index in [4.69, 9.17) is 0 Å².